The van der Waals surface area contributed by atoms with Crippen molar-refractivity contribution in [1.82, 2.24) is 19.7 Å². The van der Waals surface area contributed by atoms with Crippen molar-refractivity contribution in [3.05, 3.63) is 41.0 Å². The molecule has 0 unspecified atom stereocenters. The number of nitrogens with zero attached hydrogens (tertiary/aromatic N) is 4. The average molecular weight is 258 g/mol. The normalized spacial score (nSPS) is 11.1. The Bertz CT molecular complexity index is 641. The summed E-state index contributed by atoms with van der Waals surface area (Å²) in [5.41, 5.74) is 3.67. The van der Waals surface area contributed by atoms with E-state index in [4.69, 9.17) is 5.11 Å². The maximum Gasteiger partial charge on any atom is 0.328 e. The van der Waals surface area contributed by atoms with Crippen LogP contribution in [0.5, 0.6) is 0 Å². The zero-order chi connectivity index (χ0) is 14.0. The van der Waals surface area contributed by atoms with Gasteiger partial charge in [0, 0.05) is 29.7 Å². The first-order valence-corrected chi connectivity index (χ1v) is 5.75. The minimum absolute atomic E-state index is 0.473. The van der Waals surface area contributed by atoms with Gasteiger partial charge in [-0.1, -0.05) is 0 Å². The van der Waals surface area contributed by atoms with Gasteiger partial charge in [0.25, 0.3) is 5.95 Å². The third-order valence-electron chi connectivity index (χ3n) is 2.92. The van der Waals surface area contributed by atoms with Crippen LogP contribution in [0, 0.1) is 20.8 Å². The van der Waals surface area contributed by atoms with Gasteiger partial charge in [-0.05, 0) is 32.4 Å². The van der Waals surface area contributed by atoms with Crippen LogP contribution in [0.25, 0.3) is 12.0 Å². The summed E-state index contributed by atoms with van der Waals surface area (Å²) in [7, 11) is 0. The monoisotopic (exact) mass is 258 g/mol. The molecule has 0 aliphatic heterocycles. The van der Waals surface area contributed by atoms with Gasteiger partial charge in [-0.25, -0.2) is 19.4 Å². The molecule has 2 aromatic rings. The first-order valence-electron chi connectivity index (χ1n) is 5.75. The molecule has 6 nitrogen and oxygen atoms in total. The lowest BCUT2D eigenvalue weighted by Crippen LogP contribution is -2.04. The van der Waals surface area contributed by atoms with Crippen molar-refractivity contribution < 1.29 is 9.90 Å². The maximum atomic E-state index is 10.4. The van der Waals surface area contributed by atoms with E-state index < -0.39 is 5.97 Å². The second kappa shape index (κ2) is 5.01. The highest BCUT2D eigenvalue weighted by atomic mass is 16.4. The molecular weight excluding hydrogens is 244 g/mol. The highest BCUT2D eigenvalue weighted by Gasteiger charge is 2.10. The number of aromatic nitrogens is 4. The van der Waals surface area contributed by atoms with Crippen LogP contribution < -0.4 is 0 Å². The molecule has 0 spiro atoms. The van der Waals surface area contributed by atoms with Gasteiger partial charge >= 0.3 is 5.97 Å². The van der Waals surface area contributed by atoms with E-state index >= 15 is 0 Å². The zero-order valence-electron chi connectivity index (χ0n) is 11.0. The fourth-order valence-electron chi connectivity index (χ4n) is 1.61. The third kappa shape index (κ3) is 2.67. The van der Waals surface area contributed by atoms with Crippen molar-refractivity contribution in [1.29, 1.82) is 0 Å². The summed E-state index contributed by atoms with van der Waals surface area (Å²) in [4.78, 5) is 18.8. The Morgan fingerprint density at radius 1 is 1.26 bits per heavy atom. The number of aryl methyl sites for hydroxylation is 1. The van der Waals surface area contributed by atoms with Crippen molar-refractivity contribution in [2.45, 2.75) is 20.8 Å². The minimum Gasteiger partial charge on any atom is -0.478 e. The van der Waals surface area contributed by atoms with Gasteiger partial charge in [-0.2, -0.15) is 5.10 Å². The molecule has 0 fully saturated rings. The largest absolute Gasteiger partial charge is 0.478 e. The van der Waals surface area contributed by atoms with Gasteiger partial charge in [-0.15, -0.1) is 0 Å². The highest BCUT2D eigenvalue weighted by Crippen LogP contribution is 2.14. The molecule has 2 heterocycles. The average Bonchev–Trinajstić information content (AvgIpc) is 2.65. The number of rotatable bonds is 3. The molecule has 6 heteroatoms. The molecule has 0 bridgehead atoms. The molecule has 0 atom stereocenters. The molecule has 98 valence electrons. The first kappa shape index (κ1) is 12.9. The van der Waals surface area contributed by atoms with Crippen LogP contribution in [0.2, 0.25) is 0 Å². The Kier molecular flexibility index (Phi) is 3.41. The second-order valence-corrected chi connectivity index (χ2v) is 4.20. The number of hydrogen-bond donors (Lipinski definition) is 1. The van der Waals surface area contributed by atoms with Crippen molar-refractivity contribution >= 4 is 12.0 Å². The van der Waals surface area contributed by atoms with Crippen LogP contribution in [0.1, 0.15) is 22.5 Å². The fraction of sp³-hybridized carbons (Fsp3) is 0.231. The number of hydrogen-bond acceptors (Lipinski definition) is 4. The summed E-state index contributed by atoms with van der Waals surface area (Å²) >= 11 is 0. The maximum absolute atomic E-state index is 10.4. The van der Waals surface area contributed by atoms with E-state index in [1.54, 1.807) is 17.1 Å². The van der Waals surface area contributed by atoms with Crippen molar-refractivity contribution in [3.8, 4) is 5.95 Å². The zero-order valence-corrected chi connectivity index (χ0v) is 11.0. The highest BCUT2D eigenvalue weighted by molar-refractivity contribution is 5.85. The van der Waals surface area contributed by atoms with E-state index in [0.717, 1.165) is 23.0 Å². The van der Waals surface area contributed by atoms with Crippen LogP contribution in [0.15, 0.2) is 18.5 Å². The minimum atomic E-state index is -1.00. The molecule has 2 aromatic heterocycles. The Morgan fingerprint density at radius 3 is 2.37 bits per heavy atom. The Balaban J connectivity index is 2.32. The van der Waals surface area contributed by atoms with Crippen molar-refractivity contribution in [2.75, 3.05) is 0 Å². The molecule has 0 saturated heterocycles. The van der Waals surface area contributed by atoms with Crippen LogP contribution in [-0.4, -0.2) is 30.8 Å². The molecule has 1 N–H and O–H groups in total. The van der Waals surface area contributed by atoms with Gasteiger partial charge in [0.1, 0.15) is 0 Å². The lowest BCUT2D eigenvalue weighted by molar-refractivity contribution is -0.131. The van der Waals surface area contributed by atoms with Gasteiger partial charge in [0.05, 0.1) is 5.69 Å². The quantitative estimate of drug-likeness (QED) is 0.847. The van der Waals surface area contributed by atoms with E-state index in [2.05, 4.69) is 15.1 Å². The summed E-state index contributed by atoms with van der Waals surface area (Å²) in [5.74, 6) is -0.528. The Morgan fingerprint density at radius 2 is 1.89 bits per heavy atom. The molecule has 0 saturated carbocycles. The smallest absolute Gasteiger partial charge is 0.328 e. The summed E-state index contributed by atoms with van der Waals surface area (Å²) < 4.78 is 1.68. The third-order valence-corrected chi connectivity index (χ3v) is 2.92. The van der Waals surface area contributed by atoms with E-state index in [9.17, 15) is 4.79 Å². The number of aliphatic carboxylic acids is 1. The van der Waals surface area contributed by atoms with Gasteiger partial charge in [0.2, 0.25) is 0 Å². The topological polar surface area (TPSA) is 80.9 Å². The fourth-order valence-corrected chi connectivity index (χ4v) is 1.61. The van der Waals surface area contributed by atoms with Gasteiger partial charge < -0.3 is 5.11 Å². The molecule has 0 amide bonds. The molecule has 0 aromatic carbocycles. The lowest BCUT2D eigenvalue weighted by atomic mass is 10.2. The number of carbonyl (C=O) groups is 1. The standard InChI is InChI=1S/C13H14N4O2/c1-8-9(2)16-17(10(8)3)13-14-6-11(7-15-13)4-5-12(18)19/h4-7H,1-3H3,(H,18,19)/b5-4+. The molecule has 2 rings (SSSR count). The predicted octanol–water partition coefficient (Wildman–Crippen LogP) is 1.69. The van der Waals surface area contributed by atoms with Crippen molar-refractivity contribution in [3.63, 3.8) is 0 Å². The molecular formula is C13H14N4O2. The summed E-state index contributed by atoms with van der Waals surface area (Å²) in [6, 6.07) is 0. The van der Waals surface area contributed by atoms with Crippen LogP contribution in [0.3, 0.4) is 0 Å². The van der Waals surface area contributed by atoms with Gasteiger partial charge in [-0.3, -0.25) is 0 Å². The van der Waals surface area contributed by atoms with Gasteiger partial charge in [0.15, 0.2) is 0 Å². The SMILES string of the molecule is Cc1nn(-c2ncc(/C=C/C(=O)O)cn2)c(C)c1C. The molecule has 0 aliphatic rings. The summed E-state index contributed by atoms with van der Waals surface area (Å²) in [6.07, 6.45) is 5.62. The number of carboxylic acids is 1. The van der Waals surface area contributed by atoms with E-state index in [0.29, 0.717) is 11.5 Å². The summed E-state index contributed by atoms with van der Waals surface area (Å²) in [5, 5.41) is 12.9. The molecule has 19 heavy (non-hydrogen) atoms. The first-order chi connectivity index (χ1) is 8.99. The van der Waals surface area contributed by atoms with Crippen molar-refractivity contribution in [2.24, 2.45) is 0 Å². The Labute approximate surface area is 110 Å². The van der Waals surface area contributed by atoms with Crippen LogP contribution in [-0.2, 0) is 4.79 Å². The van der Waals surface area contributed by atoms with E-state index in [1.807, 2.05) is 20.8 Å². The lowest BCUT2D eigenvalue weighted by Gasteiger charge is -2.02. The Hall–Kier alpha value is -2.50. The van der Waals surface area contributed by atoms with E-state index in [1.165, 1.54) is 6.08 Å². The molecule has 0 aliphatic carbocycles. The van der Waals surface area contributed by atoms with E-state index in [-0.39, 0.29) is 0 Å². The summed E-state index contributed by atoms with van der Waals surface area (Å²) in [6.45, 7) is 5.89. The second-order valence-electron chi connectivity index (χ2n) is 4.20. The van der Waals surface area contributed by atoms with Crippen LogP contribution in [0.4, 0.5) is 0 Å². The number of carboxylic acid groups (broad SMARTS) is 1. The predicted molar refractivity (Wildman–Crippen MR) is 70.0 cm³/mol. The molecule has 0 radical (unpaired) electrons. The van der Waals surface area contributed by atoms with Crippen LogP contribution >= 0.6 is 0 Å².